The zero-order valence-electron chi connectivity index (χ0n) is 8.55. The molecule has 0 spiro atoms. The van der Waals surface area contributed by atoms with Crippen molar-refractivity contribution in [2.75, 3.05) is 6.61 Å². The molecule has 0 saturated heterocycles. The number of hydrogen-bond acceptors (Lipinski definition) is 1. The molecule has 0 aromatic heterocycles. The summed E-state index contributed by atoms with van der Waals surface area (Å²) in [6, 6.07) is 0. The number of allylic oxidation sites excluding steroid dienone is 2. The molecule has 0 aliphatic heterocycles. The molecule has 0 unspecified atom stereocenters. The Morgan fingerprint density at radius 1 is 1.15 bits per heavy atom. The third-order valence-corrected chi connectivity index (χ3v) is 1.75. The summed E-state index contributed by atoms with van der Waals surface area (Å²) in [6.45, 7) is 2.43. The standard InChI is InChI=1S/C12H20O/c1-2-3-4-5-6-7-8-9-10-11-12-13/h3-4,13H,2,7-12H2,1H3. The van der Waals surface area contributed by atoms with Crippen LogP contribution in [0, 0.1) is 11.8 Å². The molecule has 0 atom stereocenters. The van der Waals surface area contributed by atoms with Crippen LogP contribution in [0.1, 0.15) is 45.4 Å². The first kappa shape index (κ1) is 12.3. The highest BCUT2D eigenvalue weighted by Crippen LogP contribution is 2.01. The molecule has 1 heteroatoms. The topological polar surface area (TPSA) is 20.2 Å². The minimum absolute atomic E-state index is 0.324. The zero-order valence-corrected chi connectivity index (χ0v) is 8.55. The van der Waals surface area contributed by atoms with E-state index >= 15 is 0 Å². The fourth-order valence-corrected chi connectivity index (χ4v) is 0.987. The predicted molar refractivity (Wildman–Crippen MR) is 57.4 cm³/mol. The lowest BCUT2D eigenvalue weighted by atomic mass is 10.1. The van der Waals surface area contributed by atoms with Gasteiger partial charge in [-0.05, 0) is 25.3 Å². The fourth-order valence-electron chi connectivity index (χ4n) is 0.987. The average molecular weight is 180 g/mol. The Hall–Kier alpha value is -0.740. The number of unbranched alkanes of at least 4 members (excludes halogenated alkanes) is 4. The van der Waals surface area contributed by atoms with Crippen LogP contribution in [0.2, 0.25) is 0 Å². The summed E-state index contributed by atoms with van der Waals surface area (Å²) in [5.41, 5.74) is 0. The fraction of sp³-hybridized carbons (Fsp3) is 0.667. The summed E-state index contributed by atoms with van der Waals surface area (Å²) in [6.07, 6.45) is 10.4. The van der Waals surface area contributed by atoms with E-state index < -0.39 is 0 Å². The van der Waals surface area contributed by atoms with Crippen molar-refractivity contribution in [3.63, 3.8) is 0 Å². The highest BCUT2D eigenvalue weighted by molar-refractivity contribution is 5.14. The van der Waals surface area contributed by atoms with E-state index in [2.05, 4.69) is 24.8 Å². The summed E-state index contributed by atoms with van der Waals surface area (Å²) in [5.74, 6) is 6.10. The second-order valence-corrected chi connectivity index (χ2v) is 3.02. The van der Waals surface area contributed by atoms with Crippen molar-refractivity contribution in [2.24, 2.45) is 0 Å². The smallest absolute Gasteiger partial charge is 0.0431 e. The molecular weight excluding hydrogens is 160 g/mol. The Morgan fingerprint density at radius 2 is 1.92 bits per heavy atom. The number of hydrogen-bond donors (Lipinski definition) is 1. The molecule has 0 heterocycles. The van der Waals surface area contributed by atoms with Crippen LogP contribution < -0.4 is 0 Å². The van der Waals surface area contributed by atoms with Crippen molar-refractivity contribution in [3.05, 3.63) is 12.2 Å². The first-order valence-corrected chi connectivity index (χ1v) is 5.16. The molecule has 1 nitrogen and oxygen atoms in total. The Bertz CT molecular complexity index is 171. The summed E-state index contributed by atoms with van der Waals surface area (Å²) >= 11 is 0. The lowest BCUT2D eigenvalue weighted by molar-refractivity contribution is 0.282. The van der Waals surface area contributed by atoms with Crippen LogP contribution >= 0.6 is 0 Å². The second kappa shape index (κ2) is 11.3. The van der Waals surface area contributed by atoms with Gasteiger partial charge in [-0.25, -0.2) is 0 Å². The van der Waals surface area contributed by atoms with Gasteiger partial charge in [-0.3, -0.25) is 0 Å². The lowest BCUT2D eigenvalue weighted by Gasteiger charge is -1.93. The average Bonchev–Trinajstić information content (AvgIpc) is 2.16. The van der Waals surface area contributed by atoms with E-state index in [9.17, 15) is 0 Å². The molecule has 0 aliphatic carbocycles. The Morgan fingerprint density at radius 3 is 2.62 bits per heavy atom. The van der Waals surface area contributed by atoms with Gasteiger partial charge < -0.3 is 5.11 Å². The van der Waals surface area contributed by atoms with Crippen LogP contribution in [0.25, 0.3) is 0 Å². The largest absolute Gasteiger partial charge is 0.396 e. The first-order valence-electron chi connectivity index (χ1n) is 5.16. The minimum atomic E-state index is 0.324. The minimum Gasteiger partial charge on any atom is -0.396 e. The van der Waals surface area contributed by atoms with E-state index in [1.54, 1.807) is 0 Å². The van der Waals surface area contributed by atoms with Crippen LogP contribution in [0.5, 0.6) is 0 Å². The second-order valence-electron chi connectivity index (χ2n) is 3.02. The van der Waals surface area contributed by atoms with E-state index in [1.807, 2.05) is 6.08 Å². The van der Waals surface area contributed by atoms with E-state index in [4.69, 9.17) is 5.11 Å². The molecule has 13 heavy (non-hydrogen) atoms. The van der Waals surface area contributed by atoms with Crippen LogP contribution in [0.15, 0.2) is 12.2 Å². The summed E-state index contributed by atoms with van der Waals surface area (Å²) < 4.78 is 0. The van der Waals surface area contributed by atoms with Crippen LogP contribution in [0.4, 0.5) is 0 Å². The Kier molecular flexibility index (Phi) is 10.6. The van der Waals surface area contributed by atoms with Crippen molar-refractivity contribution in [1.82, 2.24) is 0 Å². The van der Waals surface area contributed by atoms with E-state index in [-0.39, 0.29) is 0 Å². The van der Waals surface area contributed by atoms with Crippen molar-refractivity contribution in [2.45, 2.75) is 45.4 Å². The molecule has 0 aliphatic rings. The van der Waals surface area contributed by atoms with Gasteiger partial charge in [0.25, 0.3) is 0 Å². The molecule has 0 fully saturated rings. The zero-order chi connectivity index (χ0) is 9.78. The number of rotatable bonds is 6. The SMILES string of the molecule is CCC=CC#CCCCCCCO. The van der Waals surface area contributed by atoms with Gasteiger partial charge in [0, 0.05) is 13.0 Å². The Balaban J connectivity index is 3.13. The molecule has 0 saturated carbocycles. The van der Waals surface area contributed by atoms with Gasteiger partial charge in [-0.1, -0.05) is 37.7 Å². The number of aliphatic hydroxyl groups excluding tert-OH is 1. The maximum absolute atomic E-state index is 8.53. The van der Waals surface area contributed by atoms with Crippen LogP contribution in [-0.4, -0.2) is 11.7 Å². The van der Waals surface area contributed by atoms with Crippen molar-refractivity contribution >= 4 is 0 Å². The molecule has 74 valence electrons. The quantitative estimate of drug-likeness (QED) is 0.492. The molecule has 0 amide bonds. The van der Waals surface area contributed by atoms with Gasteiger partial charge in [-0.15, -0.1) is 0 Å². The third-order valence-electron chi connectivity index (χ3n) is 1.75. The molecule has 0 rings (SSSR count). The molecule has 0 aromatic rings. The van der Waals surface area contributed by atoms with Crippen LogP contribution in [0.3, 0.4) is 0 Å². The third kappa shape index (κ3) is 11.3. The molecule has 0 aromatic carbocycles. The van der Waals surface area contributed by atoms with Gasteiger partial charge in [0.15, 0.2) is 0 Å². The molecule has 0 radical (unpaired) electrons. The summed E-state index contributed by atoms with van der Waals surface area (Å²) in [4.78, 5) is 0. The van der Waals surface area contributed by atoms with Crippen molar-refractivity contribution in [1.29, 1.82) is 0 Å². The van der Waals surface area contributed by atoms with Gasteiger partial charge in [0.2, 0.25) is 0 Å². The van der Waals surface area contributed by atoms with Gasteiger partial charge in [-0.2, -0.15) is 0 Å². The highest BCUT2D eigenvalue weighted by atomic mass is 16.2. The van der Waals surface area contributed by atoms with E-state index in [0.717, 1.165) is 32.1 Å². The maximum atomic E-state index is 8.53. The number of aliphatic hydroxyl groups is 1. The van der Waals surface area contributed by atoms with Gasteiger partial charge in [0.1, 0.15) is 0 Å². The lowest BCUT2D eigenvalue weighted by Crippen LogP contribution is -1.82. The monoisotopic (exact) mass is 180 g/mol. The molecule has 0 bridgehead atoms. The molecule has 1 N–H and O–H groups in total. The van der Waals surface area contributed by atoms with Crippen molar-refractivity contribution in [3.8, 4) is 11.8 Å². The van der Waals surface area contributed by atoms with Gasteiger partial charge >= 0.3 is 0 Å². The molecular formula is C12H20O. The van der Waals surface area contributed by atoms with Gasteiger partial charge in [0.05, 0.1) is 0 Å². The summed E-state index contributed by atoms with van der Waals surface area (Å²) in [5, 5.41) is 8.53. The highest BCUT2D eigenvalue weighted by Gasteiger charge is 1.85. The normalized spacial score (nSPS) is 10.0. The Labute approximate surface area is 81.9 Å². The maximum Gasteiger partial charge on any atom is 0.0431 e. The van der Waals surface area contributed by atoms with Crippen molar-refractivity contribution < 1.29 is 5.11 Å². The van der Waals surface area contributed by atoms with Crippen LogP contribution in [-0.2, 0) is 0 Å². The summed E-state index contributed by atoms with van der Waals surface area (Å²) in [7, 11) is 0. The predicted octanol–water partition coefficient (Wildman–Crippen LogP) is 2.90. The van der Waals surface area contributed by atoms with E-state index in [0.29, 0.717) is 6.61 Å². The first-order chi connectivity index (χ1) is 6.41. The van der Waals surface area contributed by atoms with E-state index in [1.165, 1.54) is 6.42 Å².